The average Bonchev–Trinajstić information content (AvgIpc) is 2.03. The Morgan fingerprint density at radius 1 is 1.62 bits per heavy atom. The molecule has 0 aliphatic carbocycles. The summed E-state index contributed by atoms with van der Waals surface area (Å²) in [5.74, 6) is -0.770. The van der Waals surface area contributed by atoms with Gasteiger partial charge in [0.2, 0.25) is 0 Å². The van der Waals surface area contributed by atoms with Crippen LogP contribution in [0.3, 0.4) is 0 Å². The van der Waals surface area contributed by atoms with Crippen molar-refractivity contribution in [1.29, 1.82) is 0 Å². The fourth-order valence-electron chi connectivity index (χ4n) is 1.34. The molecule has 0 aromatic rings. The van der Waals surface area contributed by atoms with Gasteiger partial charge in [0.1, 0.15) is 0 Å². The van der Waals surface area contributed by atoms with Gasteiger partial charge in [0.05, 0.1) is 6.61 Å². The van der Waals surface area contributed by atoms with Gasteiger partial charge in [-0.25, -0.2) is 0 Å². The third-order valence-electron chi connectivity index (χ3n) is 2.00. The first-order valence-corrected chi connectivity index (χ1v) is 4.42. The van der Waals surface area contributed by atoms with Crippen LogP contribution in [-0.2, 0) is 9.53 Å². The molecule has 0 aromatic heterocycles. The van der Waals surface area contributed by atoms with Gasteiger partial charge in [-0.2, -0.15) is 0 Å². The second-order valence-electron chi connectivity index (χ2n) is 3.12. The third-order valence-corrected chi connectivity index (χ3v) is 2.00. The van der Waals surface area contributed by atoms with E-state index in [2.05, 4.69) is 0 Å². The minimum atomic E-state index is -0.770. The number of rotatable bonds is 4. The van der Waals surface area contributed by atoms with E-state index >= 15 is 0 Å². The lowest BCUT2D eigenvalue weighted by Gasteiger charge is -2.29. The van der Waals surface area contributed by atoms with E-state index in [1.165, 1.54) is 0 Å². The molecule has 1 aliphatic heterocycles. The Bertz CT molecular complexity index is 174. The number of aliphatic hydroxyl groups excluding tert-OH is 1. The zero-order valence-electron chi connectivity index (χ0n) is 7.48. The Balaban J connectivity index is 2.10. The summed E-state index contributed by atoms with van der Waals surface area (Å²) >= 11 is 0. The molecular formula is C8H15NO4. The quantitative estimate of drug-likeness (QED) is 0.624. The first kappa shape index (κ1) is 10.4. The number of aliphatic carboxylic acids is 1. The number of morpholine rings is 1. The topological polar surface area (TPSA) is 70.0 Å². The Labute approximate surface area is 76.9 Å². The molecule has 0 radical (unpaired) electrons. The summed E-state index contributed by atoms with van der Waals surface area (Å²) in [4.78, 5) is 12.2. The highest BCUT2D eigenvalue weighted by molar-refractivity contribution is 5.66. The number of hydrogen-bond donors (Lipinski definition) is 2. The molecule has 1 fully saturated rings. The Hall–Kier alpha value is -0.650. The van der Waals surface area contributed by atoms with Crippen molar-refractivity contribution in [1.82, 2.24) is 4.90 Å². The lowest BCUT2D eigenvalue weighted by molar-refractivity contribution is -0.146. The van der Waals surface area contributed by atoms with Gasteiger partial charge in [0, 0.05) is 19.5 Å². The normalized spacial score (nSPS) is 24.5. The van der Waals surface area contributed by atoms with E-state index < -0.39 is 12.3 Å². The molecule has 0 amide bonds. The molecule has 1 atom stereocenters. The van der Waals surface area contributed by atoms with Gasteiger partial charge in [-0.05, 0) is 13.0 Å². The smallest absolute Gasteiger partial charge is 0.303 e. The highest BCUT2D eigenvalue weighted by atomic mass is 16.6. The molecule has 0 aromatic carbocycles. The summed E-state index contributed by atoms with van der Waals surface area (Å²) in [6.07, 6.45) is 0.105. The van der Waals surface area contributed by atoms with Crippen LogP contribution in [0.1, 0.15) is 12.8 Å². The van der Waals surface area contributed by atoms with Crippen LogP contribution in [0.4, 0.5) is 0 Å². The van der Waals surface area contributed by atoms with Gasteiger partial charge in [0.15, 0.2) is 6.29 Å². The minimum absolute atomic E-state index is 0.188. The van der Waals surface area contributed by atoms with Gasteiger partial charge in [-0.3, -0.25) is 9.69 Å². The largest absolute Gasteiger partial charge is 0.481 e. The summed E-state index contributed by atoms with van der Waals surface area (Å²) in [5, 5.41) is 17.5. The molecule has 1 rings (SSSR count). The third kappa shape index (κ3) is 4.21. The fourth-order valence-corrected chi connectivity index (χ4v) is 1.34. The molecule has 13 heavy (non-hydrogen) atoms. The molecular weight excluding hydrogens is 174 g/mol. The van der Waals surface area contributed by atoms with Crippen molar-refractivity contribution in [3.05, 3.63) is 0 Å². The lowest BCUT2D eigenvalue weighted by Crippen LogP contribution is -2.42. The molecule has 5 heteroatoms. The maximum Gasteiger partial charge on any atom is 0.303 e. The van der Waals surface area contributed by atoms with Crippen molar-refractivity contribution >= 4 is 5.97 Å². The van der Waals surface area contributed by atoms with E-state index in [1.54, 1.807) is 0 Å². The Morgan fingerprint density at radius 2 is 2.38 bits per heavy atom. The van der Waals surface area contributed by atoms with Crippen molar-refractivity contribution in [2.45, 2.75) is 19.1 Å². The van der Waals surface area contributed by atoms with Crippen molar-refractivity contribution in [3.8, 4) is 0 Å². The van der Waals surface area contributed by atoms with Crippen LogP contribution in [0, 0.1) is 0 Å². The van der Waals surface area contributed by atoms with Gasteiger partial charge in [-0.15, -0.1) is 0 Å². The molecule has 0 saturated carbocycles. The molecule has 1 unspecified atom stereocenters. The van der Waals surface area contributed by atoms with Crippen molar-refractivity contribution < 1.29 is 19.7 Å². The van der Waals surface area contributed by atoms with Crippen LogP contribution in [0.15, 0.2) is 0 Å². The van der Waals surface area contributed by atoms with Crippen molar-refractivity contribution in [2.24, 2.45) is 0 Å². The number of hydrogen-bond acceptors (Lipinski definition) is 4. The monoisotopic (exact) mass is 189 g/mol. The molecule has 1 saturated heterocycles. The van der Waals surface area contributed by atoms with Crippen molar-refractivity contribution in [2.75, 3.05) is 26.2 Å². The predicted molar refractivity (Wildman–Crippen MR) is 45.3 cm³/mol. The van der Waals surface area contributed by atoms with Gasteiger partial charge in [0.25, 0.3) is 0 Å². The number of carboxylic acid groups (broad SMARTS) is 1. The zero-order valence-corrected chi connectivity index (χ0v) is 7.48. The lowest BCUT2D eigenvalue weighted by atomic mass is 10.3. The van der Waals surface area contributed by atoms with Gasteiger partial charge >= 0.3 is 5.97 Å². The second-order valence-corrected chi connectivity index (χ2v) is 3.12. The summed E-state index contributed by atoms with van der Waals surface area (Å²) in [5.41, 5.74) is 0. The Morgan fingerprint density at radius 3 is 3.00 bits per heavy atom. The van der Waals surface area contributed by atoms with E-state index in [0.717, 1.165) is 6.54 Å². The summed E-state index contributed by atoms with van der Waals surface area (Å²) < 4.78 is 4.93. The van der Waals surface area contributed by atoms with E-state index in [9.17, 15) is 4.79 Å². The highest BCUT2D eigenvalue weighted by Gasteiger charge is 2.17. The summed E-state index contributed by atoms with van der Waals surface area (Å²) in [6, 6.07) is 0. The predicted octanol–water partition coefficient (Wildman–Crippen LogP) is -0.498. The van der Waals surface area contributed by atoms with Crippen molar-refractivity contribution in [3.63, 3.8) is 0 Å². The number of nitrogens with zero attached hydrogens (tertiary/aromatic N) is 1. The summed E-state index contributed by atoms with van der Waals surface area (Å²) in [6.45, 7) is 2.50. The zero-order chi connectivity index (χ0) is 9.68. The molecule has 1 aliphatic rings. The van der Waals surface area contributed by atoms with Crippen LogP contribution in [0.25, 0.3) is 0 Å². The number of carbonyl (C=O) groups is 1. The first-order valence-electron chi connectivity index (χ1n) is 4.42. The molecule has 2 N–H and O–H groups in total. The van der Waals surface area contributed by atoms with Crippen LogP contribution in [0.5, 0.6) is 0 Å². The molecule has 5 nitrogen and oxygen atoms in total. The summed E-state index contributed by atoms with van der Waals surface area (Å²) in [7, 11) is 0. The minimum Gasteiger partial charge on any atom is -0.481 e. The van der Waals surface area contributed by atoms with Crippen LogP contribution in [0.2, 0.25) is 0 Å². The van der Waals surface area contributed by atoms with Gasteiger partial charge < -0.3 is 14.9 Å². The second kappa shape index (κ2) is 5.16. The SMILES string of the molecule is O=C(O)CCCN1CCOC(O)C1. The first-order chi connectivity index (χ1) is 6.18. The molecule has 0 bridgehead atoms. The van der Waals surface area contributed by atoms with Gasteiger partial charge in [-0.1, -0.05) is 0 Å². The standard InChI is InChI=1S/C8H15NO4/c10-7(11)2-1-3-9-4-5-13-8(12)6-9/h8,12H,1-6H2,(H,10,11). The van der Waals surface area contributed by atoms with Crippen LogP contribution < -0.4 is 0 Å². The average molecular weight is 189 g/mol. The molecule has 1 heterocycles. The maximum absolute atomic E-state index is 10.2. The highest BCUT2D eigenvalue weighted by Crippen LogP contribution is 2.03. The number of ether oxygens (including phenoxy) is 1. The number of β-amino-alcohol motifs (C(OH)–C–C–N with tert-alkyl or cyclic N) is 1. The maximum atomic E-state index is 10.2. The molecule has 0 spiro atoms. The van der Waals surface area contributed by atoms with Crippen LogP contribution >= 0.6 is 0 Å². The van der Waals surface area contributed by atoms with E-state index in [-0.39, 0.29) is 6.42 Å². The van der Waals surface area contributed by atoms with E-state index in [4.69, 9.17) is 14.9 Å². The molecule has 76 valence electrons. The van der Waals surface area contributed by atoms with Crippen LogP contribution in [-0.4, -0.2) is 53.6 Å². The van der Waals surface area contributed by atoms with E-state index in [0.29, 0.717) is 26.1 Å². The van der Waals surface area contributed by atoms with E-state index in [1.807, 2.05) is 4.90 Å². The Kier molecular flexibility index (Phi) is 4.14. The number of carboxylic acids is 1. The fraction of sp³-hybridized carbons (Fsp3) is 0.875. The number of aliphatic hydroxyl groups is 1.